The van der Waals surface area contributed by atoms with Crippen molar-refractivity contribution in [2.24, 2.45) is 5.92 Å². The summed E-state index contributed by atoms with van der Waals surface area (Å²) in [5, 5.41) is 15.0. The van der Waals surface area contributed by atoms with Crippen molar-refractivity contribution in [1.29, 1.82) is 0 Å². The Kier molecular flexibility index (Phi) is 7.49. The first-order chi connectivity index (χ1) is 17.3. The molecule has 0 spiro atoms. The van der Waals surface area contributed by atoms with Crippen LogP contribution in [0.4, 0.5) is 24.0 Å². The molecule has 0 radical (unpaired) electrons. The van der Waals surface area contributed by atoms with Crippen molar-refractivity contribution in [2.75, 3.05) is 5.32 Å². The van der Waals surface area contributed by atoms with Crippen LogP contribution in [0, 0.1) is 23.4 Å². The summed E-state index contributed by atoms with van der Waals surface area (Å²) in [6.07, 6.45) is 2.16. The Hall–Kier alpha value is -3.92. The Balaban J connectivity index is 0.00000320. The first-order valence-electron chi connectivity index (χ1n) is 11.2. The Labute approximate surface area is 215 Å². The highest BCUT2D eigenvalue weighted by molar-refractivity contribution is 7.22. The van der Waals surface area contributed by atoms with Crippen molar-refractivity contribution in [3.05, 3.63) is 77.6 Å². The fourth-order valence-corrected chi connectivity index (χ4v) is 4.79. The second-order valence-corrected chi connectivity index (χ2v) is 9.72. The van der Waals surface area contributed by atoms with Gasteiger partial charge < -0.3 is 15.7 Å². The Morgan fingerprint density at radius 1 is 1.00 bits per heavy atom. The minimum atomic E-state index is -1.16. The smallest absolute Gasteiger partial charge is 0.326 e. The van der Waals surface area contributed by atoms with Gasteiger partial charge in [-0.1, -0.05) is 43.7 Å². The molecule has 3 aromatic carbocycles. The van der Waals surface area contributed by atoms with Crippen LogP contribution in [0.2, 0.25) is 0 Å². The van der Waals surface area contributed by atoms with Crippen LogP contribution in [0.5, 0.6) is 0 Å². The topological polar surface area (TPSA) is 91.3 Å². The fourth-order valence-electron chi connectivity index (χ4n) is 3.89. The number of hydrogen-bond acceptors (Lipinski definition) is 5. The van der Waals surface area contributed by atoms with Crippen molar-refractivity contribution >= 4 is 44.2 Å². The molecule has 37 heavy (non-hydrogen) atoms. The van der Waals surface area contributed by atoms with Crippen molar-refractivity contribution in [2.45, 2.75) is 32.7 Å². The molecular formula is C27H24F3N3O3S. The van der Waals surface area contributed by atoms with E-state index in [0.29, 0.717) is 32.9 Å². The van der Waals surface area contributed by atoms with Crippen LogP contribution in [0.3, 0.4) is 0 Å². The Bertz CT molecular complexity index is 1490. The van der Waals surface area contributed by atoms with Crippen LogP contribution in [-0.4, -0.2) is 28.0 Å². The quantitative estimate of drug-likeness (QED) is 0.236. The van der Waals surface area contributed by atoms with Gasteiger partial charge in [0.2, 0.25) is 0 Å². The Morgan fingerprint density at radius 3 is 2.35 bits per heavy atom. The molecule has 5 rings (SSSR count). The van der Waals surface area contributed by atoms with Gasteiger partial charge in [0.25, 0.3) is 5.91 Å². The van der Waals surface area contributed by atoms with E-state index in [-0.39, 0.29) is 30.4 Å². The first kappa shape index (κ1) is 26.2. The summed E-state index contributed by atoms with van der Waals surface area (Å²) < 4.78 is 43.6. The van der Waals surface area contributed by atoms with Crippen LogP contribution in [0.1, 0.15) is 37.0 Å². The van der Waals surface area contributed by atoms with Gasteiger partial charge in [-0.2, -0.15) is 0 Å². The number of halogens is 3. The number of anilines is 2. The number of nitrogens with zero attached hydrogens (tertiary/aromatic N) is 1. The SMILES string of the molecule is C.O=C(N[C@@H](CC1CC1)C(=O)O)c1ccc(-c2ccc(Nc3nc4ccc(F)cc4s3)c(F)c2)cc1F. The highest BCUT2D eigenvalue weighted by Gasteiger charge is 2.30. The number of fused-ring (bicyclic) bond motifs is 1. The lowest BCUT2D eigenvalue weighted by Crippen LogP contribution is -2.41. The van der Waals surface area contributed by atoms with Gasteiger partial charge in [-0.25, -0.2) is 22.9 Å². The molecule has 1 aliphatic carbocycles. The standard InChI is InChI=1S/C26H20F3N3O3S.CH4/c27-16-5-8-21-23(12-16)36-26(32-21)31-20-7-4-15(11-19(20)29)14-3-6-17(18(28)10-14)24(33)30-22(25(34)35)9-13-1-2-13;/h3-8,10-13,22H,1-2,9H2,(H,30,33)(H,31,32)(H,34,35);1H4/t22-;/m0./s1. The molecule has 192 valence electrons. The molecular weight excluding hydrogens is 503 g/mol. The number of amides is 1. The summed E-state index contributed by atoms with van der Waals surface area (Å²) in [6, 6.07) is 11.2. The molecule has 4 aromatic rings. The number of hydrogen-bond donors (Lipinski definition) is 3. The van der Waals surface area contributed by atoms with Crippen molar-refractivity contribution < 1.29 is 27.9 Å². The molecule has 6 nitrogen and oxygen atoms in total. The summed E-state index contributed by atoms with van der Waals surface area (Å²) in [5.74, 6) is -3.54. The van der Waals surface area contributed by atoms with Crippen LogP contribution >= 0.6 is 11.3 Å². The minimum Gasteiger partial charge on any atom is -0.480 e. The van der Waals surface area contributed by atoms with Gasteiger partial charge in [0.15, 0.2) is 5.13 Å². The summed E-state index contributed by atoms with van der Waals surface area (Å²) in [5.41, 5.74) is 1.17. The van der Waals surface area contributed by atoms with E-state index in [2.05, 4.69) is 15.6 Å². The number of carboxylic acids is 1. The third-order valence-electron chi connectivity index (χ3n) is 5.98. The number of aromatic nitrogens is 1. The second kappa shape index (κ2) is 10.6. The number of carbonyl (C=O) groups excluding carboxylic acids is 1. The molecule has 1 atom stereocenters. The lowest BCUT2D eigenvalue weighted by atomic mass is 10.0. The van der Waals surface area contributed by atoms with Crippen LogP contribution < -0.4 is 10.6 Å². The minimum absolute atomic E-state index is 0. The third-order valence-corrected chi connectivity index (χ3v) is 6.91. The molecule has 1 fully saturated rings. The summed E-state index contributed by atoms with van der Waals surface area (Å²) in [4.78, 5) is 28.2. The highest BCUT2D eigenvalue weighted by atomic mass is 32.1. The van der Waals surface area contributed by atoms with E-state index in [4.69, 9.17) is 0 Å². The largest absolute Gasteiger partial charge is 0.480 e. The number of rotatable bonds is 8. The zero-order valence-electron chi connectivity index (χ0n) is 18.7. The van der Waals surface area contributed by atoms with Gasteiger partial charge in [0.05, 0.1) is 21.5 Å². The van der Waals surface area contributed by atoms with Crippen molar-refractivity contribution in [3.63, 3.8) is 0 Å². The fraction of sp³-hybridized carbons (Fsp3) is 0.222. The van der Waals surface area contributed by atoms with Gasteiger partial charge in [0.1, 0.15) is 23.5 Å². The molecule has 1 aliphatic rings. The Morgan fingerprint density at radius 2 is 1.70 bits per heavy atom. The zero-order valence-corrected chi connectivity index (χ0v) is 19.5. The summed E-state index contributed by atoms with van der Waals surface area (Å²) >= 11 is 1.18. The monoisotopic (exact) mass is 527 g/mol. The van der Waals surface area contributed by atoms with Crippen LogP contribution in [0.25, 0.3) is 21.3 Å². The van der Waals surface area contributed by atoms with E-state index in [1.165, 1.54) is 47.7 Å². The number of benzene rings is 3. The number of thiazole rings is 1. The predicted molar refractivity (Wildman–Crippen MR) is 138 cm³/mol. The summed E-state index contributed by atoms with van der Waals surface area (Å²) in [7, 11) is 0. The van der Waals surface area contributed by atoms with E-state index >= 15 is 0 Å². The van der Waals surface area contributed by atoms with Crippen molar-refractivity contribution in [1.82, 2.24) is 10.3 Å². The molecule has 0 saturated heterocycles. The highest BCUT2D eigenvalue weighted by Crippen LogP contribution is 2.34. The molecule has 1 amide bonds. The molecule has 1 aromatic heterocycles. The number of carboxylic acid groups (broad SMARTS) is 1. The van der Waals surface area contributed by atoms with Gasteiger partial charge in [-0.3, -0.25) is 4.79 Å². The summed E-state index contributed by atoms with van der Waals surface area (Å²) in [6.45, 7) is 0. The normalized spacial score (nSPS) is 13.6. The number of carbonyl (C=O) groups is 2. The predicted octanol–water partition coefficient (Wildman–Crippen LogP) is 6.74. The average Bonchev–Trinajstić information content (AvgIpc) is 3.57. The number of nitrogens with one attached hydrogen (secondary N) is 2. The van der Waals surface area contributed by atoms with E-state index in [9.17, 15) is 27.9 Å². The van der Waals surface area contributed by atoms with Crippen LogP contribution in [-0.2, 0) is 4.79 Å². The maximum atomic E-state index is 14.8. The maximum absolute atomic E-state index is 14.8. The van der Waals surface area contributed by atoms with Crippen molar-refractivity contribution in [3.8, 4) is 11.1 Å². The van der Waals surface area contributed by atoms with Gasteiger partial charge >= 0.3 is 5.97 Å². The lowest BCUT2D eigenvalue weighted by Gasteiger charge is -2.15. The van der Waals surface area contributed by atoms with Gasteiger partial charge in [-0.15, -0.1) is 0 Å². The lowest BCUT2D eigenvalue weighted by molar-refractivity contribution is -0.139. The molecule has 1 saturated carbocycles. The first-order valence-corrected chi connectivity index (χ1v) is 12.0. The van der Waals surface area contributed by atoms with E-state index in [1.54, 1.807) is 12.1 Å². The van der Waals surface area contributed by atoms with E-state index in [1.807, 2.05) is 0 Å². The third kappa shape index (κ3) is 5.91. The molecule has 10 heteroatoms. The van der Waals surface area contributed by atoms with Crippen LogP contribution in [0.15, 0.2) is 54.6 Å². The number of aliphatic carboxylic acids is 1. The molecule has 0 unspecified atom stereocenters. The molecule has 0 aliphatic heterocycles. The van der Waals surface area contributed by atoms with Gasteiger partial charge in [0, 0.05) is 0 Å². The average molecular weight is 528 g/mol. The van der Waals surface area contributed by atoms with E-state index < -0.39 is 29.6 Å². The molecule has 0 bridgehead atoms. The molecule has 3 N–H and O–H groups in total. The zero-order chi connectivity index (χ0) is 25.4. The maximum Gasteiger partial charge on any atom is 0.326 e. The van der Waals surface area contributed by atoms with Gasteiger partial charge in [-0.05, 0) is 65.9 Å². The second-order valence-electron chi connectivity index (χ2n) is 8.69. The molecule has 1 heterocycles. The van der Waals surface area contributed by atoms with E-state index in [0.717, 1.165) is 18.9 Å².